The van der Waals surface area contributed by atoms with Gasteiger partial charge < -0.3 is 9.64 Å². The lowest BCUT2D eigenvalue weighted by Gasteiger charge is -2.33. The Morgan fingerprint density at radius 2 is 1.77 bits per heavy atom. The van der Waals surface area contributed by atoms with E-state index in [1.54, 1.807) is 6.92 Å². The number of sulfonamides is 1. The zero-order valence-corrected chi connectivity index (χ0v) is 18.8. The van der Waals surface area contributed by atoms with Crippen LogP contribution in [-0.2, 0) is 10.0 Å². The number of benzene rings is 2. The molecule has 11 heteroatoms. The number of rotatable bonds is 4. The molecule has 1 heterocycles. The van der Waals surface area contributed by atoms with Crippen molar-refractivity contribution in [2.45, 2.75) is 11.8 Å². The molecule has 0 unspecified atom stereocenters. The van der Waals surface area contributed by atoms with Crippen LogP contribution in [0.5, 0.6) is 11.5 Å². The van der Waals surface area contributed by atoms with Crippen molar-refractivity contribution in [1.82, 2.24) is 9.21 Å². The summed E-state index contributed by atoms with van der Waals surface area (Å²) in [6, 6.07) is 10.2. The number of amides is 2. The molecule has 162 valence electrons. The highest BCUT2D eigenvalue weighted by molar-refractivity contribution is 7.89. The van der Waals surface area contributed by atoms with Gasteiger partial charge >= 0.3 is 6.03 Å². The van der Waals surface area contributed by atoms with Crippen molar-refractivity contribution in [2.75, 3.05) is 26.2 Å². The quantitative estimate of drug-likeness (QED) is 0.610. The first-order valence-corrected chi connectivity index (χ1v) is 11.4. The van der Waals surface area contributed by atoms with Crippen LogP contribution in [0.25, 0.3) is 0 Å². The SMILES string of the molecule is CC=NC(=O)N1CCN(S(=O)(=O)c2cc(C#N)ccc2Oc2cc(Cl)cc(Cl)c2)CC1. The molecule has 1 aliphatic heterocycles. The zero-order valence-electron chi connectivity index (χ0n) is 16.5. The predicted molar refractivity (Wildman–Crippen MR) is 118 cm³/mol. The third-order valence-corrected chi connectivity index (χ3v) is 6.86. The van der Waals surface area contributed by atoms with Crippen LogP contribution in [-0.4, -0.2) is 56.0 Å². The number of hydrogen-bond acceptors (Lipinski definition) is 5. The van der Waals surface area contributed by atoms with E-state index in [1.807, 2.05) is 6.07 Å². The molecule has 0 bridgehead atoms. The first-order valence-electron chi connectivity index (χ1n) is 9.20. The Balaban J connectivity index is 1.91. The lowest BCUT2D eigenvalue weighted by molar-refractivity contribution is 0.181. The molecule has 1 aliphatic rings. The Morgan fingerprint density at radius 3 is 2.35 bits per heavy atom. The fourth-order valence-electron chi connectivity index (χ4n) is 3.03. The molecule has 31 heavy (non-hydrogen) atoms. The van der Waals surface area contributed by atoms with Gasteiger partial charge in [-0.1, -0.05) is 23.2 Å². The maximum atomic E-state index is 13.4. The minimum Gasteiger partial charge on any atom is -0.456 e. The molecule has 1 saturated heterocycles. The summed E-state index contributed by atoms with van der Waals surface area (Å²) in [6.07, 6.45) is 1.39. The van der Waals surface area contributed by atoms with E-state index in [0.717, 1.165) is 0 Å². The van der Waals surface area contributed by atoms with Gasteiger partial charge in [0.25, 0.3) is 0 Å². The van der Waals surface area contributed by atoms with Gasteiger partial charge in [0.15, 0.2) is 0 Å². The molecule has 8 nitrogen and oxygen atoms in total. The summed E-state index contributed by atoms with van der Waals surface area (Å²) in [5, 5.41) is 9.91. The van der Waals surface area contributed by atoms with Crippen LogP contribution < -0.4 is 4.74 Å². The Labute approximate surface area is 190 Å². The summed E-state index contributed by atoms with van der Waals surface area (Å²) >= 11 is 12.0. The Morgan fingerprint density at radius 1 is 1.13 bits per heavy atom. The first kappa shape index (κ1) is 23.0. The monoisotopic (exact) mass is 480 g/mol. The molecule has 2 aromatic rings. The van der Waals surface area contributed by atoms with Crippen LogP contribution in [0.1, 0.15) is 12.5 Å². The van der Waals surface area contributed by atoms with E-state index in [9.17, 15) is 18.5 Å². The van der Waals surface area contributed by atoms with E-state index < -0.39 is 16.1 Å². The number of nitriles is 1. The number of hydrogen-bond donors (Lipinski definition) is 0. The van der Waals surface area contributed by atoms with Gasteiger partial charge in [0.05, 0.1) is 11.6 Å². The summed E-state index contributed by atoms with van der Waals surface area (Å²) in [5.74, 6) is 0.290. The standard InChI is InChI=1S/C20H18Cl2N4O4S/c1-2-24-20(27)25-5-7-26(8-6-25)31(28,29)19-9-14(13-23)3-4-18(19)30-17-11-15(21)10-16(22)12-17/h2-4,9-12H,5-8H2,1H3. The molecule has 2 amide bonds. The Bertz CT molecular complexity index is 1150. The maximum absolute atomic E-state index is 13.4. The summed E-state index contributed by atoms with van der Waals surface area (Å²) in [5.41, 5.74) is 0.168. The lowest BCUT2D eigenvalue weighted by atomic mass is 10.2. The molecular weight excluding hydrogens is 463 g/mol. The third-order valence-electron chi connectivity index (χ3n) is 4.50. The van der Waals surface area contributed by atoms with Crippen LogP contribution in [0.2, 0.25) is 10.0 Å². The van der Waals surface area contributed by atoms with Gasteiger partial charge in [0, 0.05) is 42.4 Å². The highest BCUT2D eigenvalue weighted by Gasteiger charge is 2.32. The van der Waals surface area contributed by atoms with Crippen molar-refractivity contribution in [1.29, 1.82) is 5.26 Å². The van der Waals surface area contributed by atoms with Gasteiger partial charge in [-0.05, 0) is 43.3 Å². The number of piperazine rings is 1. The maximum Gasteiger partial charge on any atom is 0.343 e. The van der Waals surface area contributed by atoms with Crippen LogP contribution in [0.4, 0.5) is 4.79 Å². The molecule has 0 aromatic heterocycles. The predicted octanol–water partition coefficient (Wildman–Crippen LogP) is 4.17. The van der Waals surface area contributed by atoms with Gasteiger partial charge in [-0.15, -0.1) is 0 Å². The van der Waals surface area contributed by atoms with Crippen LogP contribution >= 0.6 is 23.2 Å². The molecule has 0 atom stereocenters. The second kappa shape index (κ2) is 9.66. The number of aliphatic imine (C=N–C) groups is 1. The molecule has 3 rings (SSSR count). The first-order chi connectivity index (χ1) is 14.7. The lowest BCUT2D eigenvalue weighted by Crippen LogP contribution is -2.49. The van der Waals surface area contributed by atoms with Crippen LogP contribution in [0, 0.1) is 11.3 Å². The number of carbonyl (C=O) groups is 1. The van der Waals surface area contributed by atoms with Crippen molar-refractivity contribution in [2.24, 2.45) is 4.99 Å². The number of carbonyl (C=O) groups excluding carboxylic acids is 1. The summed E-state index contributed by atoms with van der Waals surface area (Å²) in [4.78, 5) is 16.9. The number of halogens is 2. The van der Waals surface area contributed by atoms with Crippen LogP contribution in [0.3, 0.4) is 0 Å². The third kappa shape index (κ3) is 5.35. The van der Waals surface area contributed by atoms with Crippen molar-refractivity contribution < 1.29 is 17.9 Å². The Kier molecular flexibility index (Phi) is 7.18. The van der Waals surface area contributed by atoms with Crippen LogP contribution in [0.15, 0.2) is 46.3 Å². The van der Waals surface area contributed by atoms with Gasteiger partial charge in [0.2, 0.25) is 10.0 Å². The fraction of sp³-hybridized carbons (Fsp3) is 0.250. The second-order valence-corrected chi connectivity index (χ2v) is 9.32. The number of nitrogens with zero attached hydrogens (tertiary/aromatic N) is 4. The van der Waals surface area contributed by atoms with E-state index in [-0.39, 0.29) is 48.1 Å². The molecule has 2 aromatic carbocycles. The average molecular weight is 481 g/mol. The summed E-state index contributed by atoms with van der Waals surface area (Å²) < 4.78 is 33.7. The molecule has 1 fully saturated rings. The minimum atomic E-state index is -4.01. The smallest absolute Gasteiger partial charge is 0.343 e. The Hall–Kier alpha value is -2.64. The summed E-state index contributed by atoms with van der Waals surface area (Å²) in [7, 11) is -4.01. The zero-order chi connectivity index (χ0) is 22.6. The molecule has 0 spiro atoms. The van der Waals surface area contributed by atoms with Gasteiger partial charge in [0.1, 0.15) is 16.4 Å². The number of ether oxygens (including phenoxy) is 1. The fourth-order valence-corrected chi connectivity index (χ4v) is 5.10. The van der Waals surface area contributed by atoms with Gasteiger partial charge in [-0.3, -0.25) is 0 Å². The van der Waals surface area contributed by atoms with E-state index in [1.165, 1.54) is 51.8 Å². The van der Waals surface area contributed by atoms with E-state index in [2.05, 4.69) is 4.99 Å². The van der Waals surface area contributed by atoms with Gasteiger partial charge in [-0.25, -0.2) is 18.2 Å². The van der Waals surface area contributed by atoms with E-state index in [4.69, 9.17) is 27.9 Å². The van der Waals surface area contributed by atoms with Crippen molar-refractivity contribution in [3.8, 4) is 17.6 Å². The van der Waals surface area contributed by atoms with Gasteiger partial charge in [-0.2, -0.15) is 9.57 Å². The second-order valence-electron chi connectivity index (χ2n) is 6.54. The van der Waals surface area contributed by atoms with E-state index in [0.29, 0.717) is 10.0 Å². The van der Waals surface area contributed by atoms with Crippen molar-refractivity contribution >= 4 is 45.5 Å². The normalized spacial score (nSPS) is 15.1. The topological polar surface area (TPSA) is 103 Å². The molecule has 0 aliphatic carbocycles. The average Bonchev–Trinajstić information content (AvgIpc) is 2.73. The highest BCUT2D eigenvalue weighted by Crippen LogP contribution is 2.34. The highest BCUT2D eigenvalue weighted by atomic mass is 35.5. The largest absolute Gasteiger partial charge is 0.456 e. The van der Waals surface area contributed by atoms with Crippen molar-refractivity contribution in [3.05, 3.63) is 52.0 Å². The minimum absolute atomic E-state index is 0.0337. The van der Waals surface area contributed by atoms with Crippen molar-refractivity contribution in [3.63, 3.8) is 0 Å². The summed E-state index contributed by atoms with van der Waals surface area (Å²) in [6.45, 7) is 2.22. The molecule has 0 radical (unpaired) electrons. The number of urea groups is 1. The molecule has 0 N–H and O–H groups in total. The molecule has 0 saturated carbocycles. The molecular formula is C20H18Cl2N4O4S. The van der Waals surface area contributed by atoms with E-state index >= 15 is 0 Å².